The fourth-order valence-electron chi connectivity index (χ4n) is 3.53. The van der Waals surface area contributed by atoms with Gasteiger partial charge in [0.1, 0.15) is 17.7 Å². The summed E-state index contributed by atoms with van der Waals surface area (Å²) in [6, 6.07) is 7.12. The number of rotatable bonds is 6. The van der Waals surface area contributed by atoms with Crippen LogP contribution in [0.5, 0.6) is 5.75 Å². The number of benzene rings is 1. The van der Waals surface area contributed by atoms with E-state index in [1.54, 1.807) is 31.4 Å². The molecule has 162 valence electrons. The molecule has 1 N–H and O–H groups in total. The van der Waals surface area contributed by atoms with Gasteiger partial charge in [-0.25, -0.2) is 14.8 Å². The normalized spacial score (nSPS) is 15.9. The van der Waals surface area contributed by atoms with Crippen LogP contribution in [-0.4, -0.2) is 51.4 Å². The van der Waals surface area contributed by atoms with Crippen LogP contribution in [0.1, 0.15) is 12.8 Å². The lowest BCUT2D eigenvalue weighted by Crippen LogP contribution is -2.44. The summed E-state index contributed by atoms with van der Waals surface area (Å²) >= 11 is 0. The van der Waals surface area contributed by atoms with Crippen molar-refractivity contribution in [2.24, 2.45) is 7.05 Å². The highest BCUT2D eigenvalue weighted by molar-refractivity contribution is 5.78. The number of hydrogen-bond donors (Lipinski definition) is 1. The van der Waals surface area contributed by atoms with Crippen LogP contribution in [0, 0.1) is 0 Å². The topological polar surface area (TPSA) is 117 Å². The fraction of sp³-hybridized carbons (Fsp3) is 0.381. The molecule has 10 nitrogen and oxygen atoms in total. The van der Waals surface area contributed by atoms with E-state index in [-0.39, 0.29) is 23.7 Å². The Morgan fingerprint density at radius 3 is 2.74 bits per heavy atom. The molecule has 0 spiro atoms. The number of nitrogens with one attached hydrogen (secondary N) is 1. The Hall–Kier alpha value is -3.53. The minimum atomic E-state index is -0.621. The van der Waals surface area contributed by atoms with Gasteiger partial charge in [-0.2, -0.15) is 0 Å². The summed E-state index contributed by atoms with van der Waals surface area (Å²) in [5.41, 5.74) is -0.310. The molecule has 31 heavy (non-hydrogen) atoms. The van der Waals surface area contributed by atoms with Crippen LogP contribution in [0.3, 0.4) is 0 Å². The van der Waals surface area contributed by atoms with Crippen molar-refractivity contribution in [3.63, 3.8) is 0 Å². The molecule has 10 heteroatoms. The van der Waals surface area contributed by atoms with Gasteiger partial charge in [-0.05, 0) is 37.1 Å². The first-order chi connectivity index (χ1) is 15.0. The third-order valence-corrected chi connectivity index (χ3v) is 5.28. The standard InChI is InChI=1S/C21H23N5O5/c1-25-19-16(11-23-18(24-19)13-5-7-14(30-2)8-6-13)20(28)26(21(25)29)12-17(27)22-10-15-4-3-9-31-15/h5-8,11,15H,3-4,9-10,12H2,1-2H3,(H,22,27). The van der Waals surface area contributed by atoms with Crippen LogP contribution in [0.2, 0.25) is 0 Å². The van der Waals surface area contributed by atoms with Gasteiger partial charge in [-0.1, -0.05) is 0 Å². The quantitative estimate of drug-likeness (QED) is 0.610. The highest BCUT2D eigenvalue weighted by Gasteiger charge is 2.19. The maximum absolute atomic E-state index is 12.9. The second-order valence-corrected chi connectivity index (χ2v) is 7.33. The molecule has 1 aliphatic heterocycles. The summed E-state index contributed by atoms with van der Waals surface area (Å²) in [4.78, 5) is 46.6. The molecular weight excluding hydrogens is 402 g/mol. The fourth-order valence-corrected chi connectivity index (χ4v) is 3.53. The van der Waals surface area contributed by atoms with Crippen LogP contribution < -0.4 is 21.3 Å². The van der Waals surface area contributed by atoms with E-state index in [4.69, 9.17) is 9.47 Å². The SMILES string of the molecule is COc1ccc(-c2ncc3c(=O)n(CC(=O)NCC4CCCO4)c(=O)n(C)c3n2)cc1. The van der Waals surface area contributed by atoms with Gasteiger partial charge in [0.15, 0.2) is 11.5 Å². The number of hydrogen-bond acceptors (Lipinski definition) is 7. The lowest BCUT2D eigenvalue weighted by molar-refractivity contribution is -0.122. The Kier molecular flexibility index (Phi) is 5.81. The van der Waals surface area contributed by atoms with E-state index in [9.17, 15) is 14.4 Å². The van der Waals surface area contributed by atoms with Crippen molar-refractivity contribution in [2.75, 3.05) is 20.3 Å². The van der Waals surface area contributed by atoms with Gasteiger partial charge in [-0.3, -0.25) is 18.7 Å². The molecule has 1 saturated heterocycles. The molecular formula is C21H23N5O5. The van der Waals surface area contributed by atoms with Crippen molar-refractivity contribution in [3.05, 3.63) is 51.3 Å². The highest BCUT2D eigenvalue weighted by atomic mass is 16.5. The molecule has 0 radical (unpaired) electrons. The van der Waals surface area contributed by atoms with Gasteiger partial charge < -0.3 is 14.8 Å². The van der Waals surface area contributed by atoms with E-state index in [1.165, 1.54) is 17.8 Å². The maximum atomic E-state index is 12.9. The average molecular weight is 425 g/mol. The summed E-state index contributed by atoms with van der Waals surface area (Å²) in [5, 5.41) is 2.88. The van der Waals surface area contributed by atoms with Gasteiger partial charge >= 0.3 is 5.69 Å². The molecule has 0 aliphatic carbocycles. The lowest BCUT2D eigenvalue weighted by atomic mass is 10.2. The number of fused-ring (bicyclic) bond motifs is 1. The Morgan fingerprint density at radius 2 is 2.06 bits per heavy atom. The second-order valence-electron chi connectivity index (χ2n) is 7.33. The summed E-state index contributed by atoms with van der Waals surface area (Å²) in [6.07, 6.45) is 3.20. The highest BCUT2D eigenvalue weighted by Crippen LogP contribution is 2.20. The summed E-state index contributed by atoms with van der Waals surface area (Å²) in [5.74, 6) is 0.638. The molecule has 0 saturated carbocycles. The summed E-state index contributed by atoms with van der Waals surface area (Å²) < 4.78 is 12.8. The maximum Gasteiger partial charge on any atom is 0.332 e. The number of aryl methyl sites for hydroxylation is 1. The van der Waals surface area contributed by atoms with Gasteiger partial charge in [0, 0.05) is 32.0 Å². The van der Waals surface area contributed by atoms with E-state index < -0.39 is 17.2 Å². The average Bonchev–Trinajstić information content (AvgIpc) is 3.32. The minimum absolute atomic E-state index is 0.0233. The predicted molar refractivity (Wildman–Crippen MR) is 113 cm³/mol. The van der Waals surface area contributed by atoms with Gasteiger partial charge in [0.05, 0.1) is 13.2 Å². The van der Waals surface area contributed by atoms with E-state index >= 15 is 0 Å². The first-order valence-electron chi connectivity index (χ1n) is 9.97. The molecule has 2 aromatic heterocycles. The molecule has 1 aromatic carbocycles. The first kappa shape index (κ1) is 20.7. The Labute approximate surface area is 177 Å². The minimum Gasteiger partial charge on any atom is -0.497 e. The molecule has 1 fully saturated rings. The van der Waals surface area contributed by atoms with E-state index in [0.717, 1.165) is 17.4 Å². The third-order valence-electron chi connectivity index (χ3n) is 5.28. The molecule has 4 rings (SSSR count). The van der Waals surface area contributed by atoms with Crippen LogP contribution >= 0.6 is 0 Å². The Bertz CT molecular complexity index is 1230. The zero-order valence-corrected chi connectivity index (χ0v) is 17.3. The third kappa shape index (κ3) is 4.19. The van der Waals surface area contributed by atoms with Crippen molar-refractivity contribution in [1.29, 1.82) is 0 Å². The molecule has 0 bridgehead atoms. The van der Waals surface area contributed by atoms with Crippen molar-refractivity contribution in [1.82, 2.24) is 24.4 Å². The first-order valence-corrected chi connectivity index (χ1v) is 9.97. The predicted octanol–water partition coefficient (Wildman–Crippen LogP) is 0.461. The number of amides is 1. The zero-order valence-electron chi connectivity index (χ0n) is 17.3. The van der Waals surface area contributed by atoms with Gasteiger partial charge in [0.2, 0.25) is 5.91 Å². The molecule has 1 aliphatic rings. The number of aromatic nitrogens is 4. The zero-order chi connectivity index (χ0) is 22.0. The van der Waals surface area contributed by atoms with Crippen LogP contribution in [0.15, 0.2) is 40.1 Å². The van der Waals surface area contributed by atoms with Gasteiger partial charge in [0.25, 0.3) is 5.56 Å². The summed E-state index contributed by atoms with van der Waals surface area (Å²) in [6.45, 7) is 0.661. The molecule has 1 amide bonds. The van der Waals surface area contributed by atoms with Gasteiger partial charge in [-0.15, -0.1) is 0 Å². The molecule has 3 heterocycles. The number of carbonyl (C=O) groups is 1. The molecule has 1 atom stereocenters. The number of methoxy groups -OCH3 is 1. The Morgan fingerprint density at radius 1 is 1.29 bits per heavy atom. The monoisotopic (exact) mass is 425 g/mol. The molecule has 1 unspecified atom stereocenters. The van der Waals surface area contributed by atoms with Crippen LogP contribution in [0.25, 0.3) is 22.4 Å². The van der Waals surface area contributed by atoms with E-state index in [2.05, 4.69) is 15.3 Å². The van der Waals surface area contributed by atoms with Crippen molar-refractivity contribution >= 4 is 16.9 Å². The Balaban J connectivity index is 1.63. The van der Waals surface area contributed by atoms with Crippen molar-refractivity contribution < 1.29 is 14.3 Å². The second kappa shape index (κ2) is 8.68. The van der Waals surface area contributed by atoms with Crippen molar-refractivity contribution in [2.45, 2.75) is 25.5 Å². The van der Waals surface area contributed by atoms with Crippen LogP contribution in [0.4, 0.5) is 0 Å². The summed E-state index contributed by atoms with van der Waals surface area (Å²) in [7, 11) is 3.08. The number of nitrogens with zero attached hydrogens (tertiary/aromatic N) is 4. The van der Waals surface area contributed by atoms with Crippen molar-refractivity contribution in [3.8, 4) is 17.1 Å². The van der Waals surface area contributed by atoms with E-state index in [0.29, 0.717) is 30.3 Å². The smallest absolute Gasteiger partial charge is 0.332 e. The largest absolute Gasteiger partial charge is 0.497 e. The van der Waals surface area contributed by atoms with E-state index in [1.807, 2.05) is 0 Å². The number of ether oxygens (including phenoxy) is 2. The van der Waals surface area contributed by atoms with Crippen LogP contribution in [-0.2, 0) is 23.1 Å². The lowest BCUT2D eigenvalue weighted by Gasteiger charge is -2.13. The number of carbonyl (C=O) groups excluding carboxylic acids is 1. The molecule has 3 aromatic rings.